The highest BCUT2D eigenvalue weighted by Gasteiger charge is 2.65. The van der Waals surface area contributed by atoms with Crippen molar-refractivity contribution >= 4 is 0 Å². The van der Waals surface area contributed by atoms with Crippen molar-refractivity contribution in [2.24, 2.45) is 0 Å². The second-order valence-electron chi connectivity index (χ2n) is 5.88. The summed E-state index contributed by atoms with van der Waals surface area (Å²) >= 11 is 0. The quantitative estimate of drug-likeness (QED) is 0.544. The Morgan fingerprint density at radius 3 is 2.79 bits per heavy atom. The van der Waals surface area contributed by atoms with E-state index in [-0.39, 0.29) is 5.60 Å². The third kappa shape index (κ3) is 2.70. The summed E-state index contributed by atoms with van der Waals surface area (Å²) in [5.74, 6) is 0. The van der Waals surface area contributed by atoms with Crippen LogP contribution < -0.4 is 0 Å². The van der Waals surface area contributed by atoms with Crippen molar-refractivity contribution in [2.75, 3.05) is 0 Å². The molecule has 1 saturated carbocycles. The van der Waals surface area contributed by atoms with E-state index < -0.39 is 0 Å². The van der Waals surface area contributed by atoms with Gasteiger partial charge in [-0.2, -0.15) is 0 Å². The molecule has 0 bridgehead atoms. The van der Waals surface area contributed by atoms with E-state index in [1.54, 1.807) is 0 Å². The van der Waals surface area contributed by atoms with Crippen molar-refractivity contribution in [3.63, 3.8) is 0 Å². The van der Waals surface area contributed by atoms with Gasteiger partial charge in [0.2, 0.25) is 0 Å². The molecule has 0 radical (unpaired) electrons. The topological polar surface area (TPSA) is 21.8 Å². The van der Waals surface area contributed by atoms with Crippen molar-refractivity contribution in [3.05, 3.63) is 35.9 Å². The molecule has 19 heavy (non-hydrogen) atoms. The van der Waals surface area contributed by atoms with Gasteiger partial charge < -0.3 is 9.47 Å². The van der Waals surface area contributed by atoms with Crippen LogP contribution >= 0.6 is 0 Å². The van der Waals surface area contributed by atoms with Gasteiger partial charge in [0.25, 0.3) is 0 Å². The first-order valence-corrected chi connectivity index (χ1v) is 7.68. The highest BCUT2D eigenvalue weighted by Crippen LogP contribution is 2.54. The van der Waals surface area contributed by atoms with E-state index in [1.165, 1.54) is 44.1 Å². The van der Waals surface area contributed by atoms with Gasteiger partial charge in [0, 0.05) is 0 Å². The lowest BCUT2D eigenvalue weighted by Crippen LogP contribution is -2.29. The summed E-state index contributed by atoms with van der Waals surface area (Å²) in [6.07, 6.45) is 8.21. The normalized spacial score (nSPS) is 32.3. The molecule has 2 heteroatoms. The van der Waals surface area contributed by atoms with E-state index in [4.69, 9.17) is 9.47 Å². The molecule has 0 unspecified atom stereocenters. The zero-order valence-corrected chi connectivity index (χ0v) is 11.8. The summed E-state index contributed by atoms with van der Waals surface area (Å²) in [4.78, 5) is 0. The molecule has 1 aromatic rings. The van der Waals surface area contributed by atoms with Gasteiger partial charge in [0.1, 0.15) is 5.60 Å². The van der Waals surface area contributed by atoms with Crippen LogP contribution in [0.25, 0.3) is 0 Å². The van der Waals surface area contributed by atoms with Gasteiger partial charge in [0.05, 0.1) is 18.8 Å². The predicted octanol–water partition coefficient (Wildman–Crippen LogP) is 4.08. The Kier molecular flexibility index (Phi) is 3.90. The summed E-state index contributed by atoms with van der Waals surface area (Å²) in [7, 11) is 0. The number of rotatable bonds is 7. The Hall–Kier alpha value is -0.860. The molecule has 3 atom stereocenters. The largest absolute Gasteiger partial charge is 0.370 e. The molecule has 1 aliphatic carbocycles. The zero-order valence-electron chi connectivity index (χ0n) is 11.8. The predicted molar refractivity (Wildman–Crippen MR) is 76.0 cm³/mol. The van der Waals surface area contributed by atoms with Crippen LogP contribution in [0.5, 0.6) is 0 Å². The van der Waals surface area contributed by atoms with Gasteiger partial charge in [-0.15, -0.1) is 0 Å². The number of hydrogen-bond acceptors (Lipinski definition) is 2. The molecule has 0 amide bonds. The molecule has 3 rings (SSSR count). The molecule has 0 N–H and O–H groups in total. The maximum atomic E-state index is 6.15. The SMILES string of the molecule is CCCCC[C@]12O[C@H]1CC[C@H]2OCc1ccccc1. The smallest absolute Gasteiger partial charge is 0.121 e. The molecule has 2 fully saturated rings. The summed E-state index contributed by atoms with van der Waals surface area (Å²) in [5, 5.41) is 0. The van der Waals surface area contributed by atoms with E-state index in [0.717, 1.165) is 6.61 Å². The molecule has 1 aliphatic heterocycles. The van der Waals surface area contributed by atoms with Crippen LogP contribution in [0.2, 0.25) is 0 Å². The fourth-order valence-electron chi connectivity index (χ4n) is 3.39. The Morgan fingerprint density at radius 2 is 2.05 bits per heavy atom. The van der Waals surface area contributed by atoms with Gasteiger partial charge >= 0.3 is 0 Å². The summed E-state index contributed by atoms with van der Waals surface area (Å²) in [6.45, 7) is 2.97. The summed E-state index contributed by atoms with van der Waals surface area (Å²) < 4.78 is 12.1. The Morgan fingerprint density at radius 1 is 1.21 bits per heavy atom. The van der Waals surface area contributed by atoms with E-state index >= 15 is 0 Å². The molecule has 0 aromatic heterocycles. The summed E-state index contributed by atoms with van der Waals surface area (Å²) in [6, 6.07) is 10.4. The molecule has 1 aromatic carbocycles. The van der Waals surface area contributed by atoms with Crippen LogP contribution in [0.3, 0.4) is 0 Å². The Balaban J connectivity index is 1.53. The van der Waals surface area contributed by atoms with E-state index in [9.17, 15) is 0 Å². The molecular formula is C17H24O2. The van der Waals surface area contributed by atoms with Crippen molar-refractivity contribution in [1.82, 2.24) is 0 Å². The average Bonchev–Trinajstić information content (AvgIpc) is 3.06. The van der Waals surface area contributed by atoms with Crippen LogP contribution in [0.4, 0.5) is 0 Å². The molecule has 1 heterocycles. The lowest BCUT2D eigenvalue weighted by Gasteiger charge is -2.21. The molecule has 0 spiro atoms. The Labute approximate surface area is 116 Å². The van der Waals surface area contributed by atoms with Crippen molar-refractivity contribution in [2.45, 2.75) is 69.9 Å². The fourth-order valence-corrected chi connectivity index (χ4v) is 3.39. The molecule has 2 nitrogen and oxygen atoms in total. The van der Waals surface area contributed by atoms with Gasteiger partial charge in [-0.3, -0.25) is 0 Å². The van der Waals surface area contributed by atoms with Gasteiger partial charge in [0.15, 0.2) is 0 Å². The van der Waals surface area contributed by atoms with Crippen molar-refractivity contribution in [3.8, 4) is 0 Å². The maximum absolute atomic E-state index is 6.15. The Bertz CT molecular complexity index is 403. The molecule has 1 saturated heterocycles. The number of benzene rings is 1. The lowest BCUT2D eigenvalue weighted by molar-refractivity contribution is -0.0214. The zero-order chi connectivity index (χ0) is 13.1. The minimum Gasteiger partial charge on any atom is -0.370 e. The van der Waals surface area contributed by atoms with Crippen LogP contribution in [0.15, 0.2) is 30.3 Å². The van der Waals surface area contributed by atoms with Gasteiger partial charge in [-0.05, 0) is 24.8 Å². The van der Waals surface area contributed by atoms with Crippen LogP contribution in [0, 0.1) is 0 Å². The number of fused-ring (bicyclic) bond motifs is 1. The minimum absolute atomic E-state index is 0.0873. The third-order valence-corrected chi connectivity index (χ3v) is 4.55. The van der Waals surface area contributed by atoms with Gasteiger partial charge in [-0.1, -0.05) is 56.5 Å². The maximum Gasteiger partial charge on any atom is 0.121 e. The van der Waals surface area contributed by atoms with Crippen LogP contribution in [0.1, 0.15) is 51.0 Å². The van der Waals surface area contributed by atoms with Gasteiger partial charge in [-0.25, -0.2) is 0 Å². The number of ether oxygens (including phenoxy) is 2. The fraction of sp³-hybridized carbons (Fsp3) is 0.647. The molecular weight excluding hydrogens is 236 g/mol. The summed E-state index contributed by atoms with van der Waals surface area (Å²) in [5.41, 5.74) is 1.35. The number of unbranched alkanes of at least 4 members (excludes halogenated alkanes) is 2. The first kappa shape index (κ1) is 13.1. The monoisotopic (exact) mass is 260 g/mol. The second kappa shape index (κ2) is 5.64. The van der Waals surface area contributed by atoms with Crippen LogP contribution in [-0.2, 0) is 16.1 Å². The van der Waals surface area contributed by atoms with E-state index in [2.05, 4.69) is 31.2 Å². The van der Waals surface area contributed by atoms with Crippen LogP contribution in [-0.4, -0.2) is 17.8 Å². The third-order valence-electron chi connectivity index (χ3n) is 4.55. The standard InChI is InChI=1S/C17H24O2/c1-2-3-7-12-17-15(10-11-16(17)19-17)18-13-14-8-5-4-6-9-14/h4-6,8-9,15-16H,2-3,7,10-13H2,1H3/t15-,16+,17-/m1/s1. The van der Waals surface area contributed by atoms with Crippen molar-refractivity contribution in [1.29, 1.82) is 0 Å². The van der Waals surface area contributed by atoms with Crippen molar-refractivity contribution < 1.29 is 9.47 Å². The number of epoxide rings is 1. The second-order valence-corrected chi connectivity index (χ2v) is 5.88. The molecule has 2 aliphatic rings. The average molecular weight is 260 g/mol. The first-order chi connectivity index (χ1) is 9.35. The lowest BCUT2D eigenvalue weighted by atomic mass is 9.97. The highest BCUT2D eigenvalue weighted by atomic mass is 16.6. The van der Waals surface area contributed by atoms with E-state index in [0.29, 0.717) is 12.2 Å². The van der Waals surface area contributed by atoms with E-state index in [1.807, 2.05) is 6.07 Å². The first-order valence-electron chi connectivity index (χ1n) is 7.68. The highest BCUT2D eigenvalue weighted by molar-refractivity contribution is 5.16. The minimum atomic E-state index is 0.0873. The molecule has 104 valence electrons. The number of hydrogen-bond donors (Lipinski definition) is 0.